The largest absolute Gasteiger partial charge is 0.483 e. The second-order valence-electron chi connectivity index (χ2n) is 7.72. The highest BCUT2D eigenvalue weighted by molar-refractivity contribution is 9.10. The molecule has 0 saturated carbocycles. The molecule has 0 aromatic heterocycles. The van der Waals surface area contributed by atoms with Gasteiger partial charge in [0.2, 0.25) is 5.91 Å². The van der Waals surface area contributed by atoms with Gasteiger partial charge < -0.3 is 15.0 Å². The van der Waals surface area contributed by atoms with E-state index in [1.54, 1.807) is 36.4 Å². The molecule has 3 aromatic carbocycles. The molecule has 0 radical (unpaired) electrons. The first-order valence-electron chi connectivity index (χ1n) is 10.9. The average molecular weight is 599 g/mol. The Morgan fingerprint density at radius 1 is 1.00 bits per heavy atom. The van der Waals surface area contributed by atoms with Gasteiger partial charge in [0.15, 0.2) is 6.61 Å². The number of amides is 2. The van der Waals surface area contributed by atoms with Crippen LogP contribution in [0, 0.1) is 0 Å². The van der Waals surface area contributed by atoms with Crippen LogP contribution in [0.25, 0.3) is 0 Å². The molecule has 0 aliphatic heterocycles. The number of ether oxygens (including phenoxy) is 1. The lowest BCUT2D eigenvalue weighted by Crippen LogP contribution is -2.51. The van der Waals surface area contributed by atoms with Crippen LogP contribution in [-0.4, -0.2) is 35.9 Å². The van der Waals surface area contributed by atoms with Crippen LogP contribution in [0.3, 0.4) is 0 Å². The average Bonchev–Trinajstić information content (AvgIpc) is 2.82. The van der Waals surface area contributed by atoms with Crippen molar-refractivity contribution < 1.29 is 14.3 Å². The summed E-state index contributed by atoms with van der Waals surface area (Å²) in [6.45, 7) is 2.09. The van der Waals surface area contributed by atoms with E-state index in [-0.39, 0.29) is 25.0 Å². The summed E-state index contributed by atoms with van der Waals surface area (Å²) in [6.07, 6.45) is 0.328. The van der Waals surface area contributed by atoms with Gasteiger partial charge in [0.05, 0.1) is 4.47 Å². The normalized spacial score (nSPS) is 11.6. The molecule has 0 spiro atoms. The van der Waals surface area contributed by atoms with Crippen LogP contribution >= 0.6 is 50.7 Å². The van der Waals surface area contributed by atoms with E-state index in [2.05, 4.69) is 21.2 Å². The zero-order chi connectivity index (χ0) is 25.4. The Morgan fingerprint density at radius 2 is 1.69 bits per heavy atom. The van der Waals surface area contributed by atoms with E-state index in [1.165, 1.54) is 4.90 Å². The van der Waals surface area contributed by atoms with Crippen LogP contribution in [0.2, 0.25) is 15.1 Å². The Hall–Kier alpha value is -2.25. The number of benzene rings is 3. The first-order chi connectivity index (χ1) is 16.8. The van der Waals surface area contributed by atoms with Crippen LogP contribution in [0.1, 0.15) is 18.1 Å². The molecule has 1 N–H and O–H groups in total. The molecule has 5 nitrogen and oxygen atoms in total. The van der Waals surface area contributed by atoms with Gasteiger partial charge >= 0.3 is 0 Å². The van der Waals surface area contributed by atoms with Crippen LogP contribution < -0.4 is 10.1 Å². The first-order valence-corrected chi connectivity index (χ1v) is 12.8. The van der Waals surface area contributed by atoms with E-state index in [4.69, 9.17) is 39.5 Å². The summed E-state index contributed by atoms with van der Waals surface area (Å²) in [5.41, 5.74) is 1.59. The summed E-state index contributed by atoms with van der Waals surface area (Å²) >= 11 is 21.9. The Morgan fingerprint density at radius 3 is 2.34 bits per heavy atom. The molecule has 35 heavy (non-hydrogen) atoms. The Balaban J connectivity index is 1.93. The maximum absolute atomic E-state index is 13.5. The van der Waals surface area contributed by atoms with Crippen molar-refractivity contribution in [3.63, 3.8) is 0 Å². The number of carbonyl (C=O) groups is 2. The molecule has 0 saturated heterocycles. The number of carbonyl (C=O) groups excluding carboxylic acids is 2. The summed E-state index contributed by atoms with van der Waals surface area (Å²) in [7, 11) is 0. The van der Waals surface area contributed by atoms with Gasteiger partial charge in [-0.3, -0.25) is 9.59 Å². The molecule has 2 amide bonds. The van der Waals surface area contributed by atoms with Gasteiger partial charge in [0.25, 0.3) is 5.91 Å². The third-order valence-electron chi connectivity index (χ3n) is 5.22. The minimum Gasteiger partial charge on any atom is -0.483 e. The van der Waals surface area contributed by atoms with Gasteiger partial charge in [-0.1, -0.05) is 71.2 Å². The maximum atomic E-state index is 13.5. The van der Waals surface area contributed by atoms with Crippen molar-refractivity contribution in [3.05, 3.63) is 97.4 Å². The highest BCUT2D eigenvalue weighted by atomic mass is 79.9. The number of halogens is 4. The highest BCUT2D eigenvalue weighted by Gasteiger charge is 2.31. The van der Waals surface area contributed by atoms with Gasteiger partial charge in [0.1, 0.15) is 11.8 Å². The molecular weight excluding hydrogens is 575 g/mol. The summed E-state index contributed by atoms with van der Waals surface area (Å²) in [5.74, 6) is -0.169. The lowest BCUT2D eigenvalue weighted by atomic mass is 10.0. The van der Waals surface area contributed by atoms with Crippen molar-refractivity contribution in [2.75, 3.05) is 13.2 Å². The first kappa shape index (κ1) is 27.3. The van der Waals surface area contributed by atoms with Crippen molar-refractivity contribution in [2.24, 2.45) is 0 Å². The fourth-order valence-corrected chi connectivity index (χ4v) is 4.76. The quantitative estimate of drug-likeness (QED) is 0.288. The van der Waals surface area contributed by atoms with Crippen molar-refractivity contribution >= 4 is 62.5 Å². The molecule has 3 rings (SSSR count). The third kappa shape index (κ3) is 7.87. The Kier molecular flexibility index (Phi) is 10.3. The number of hydrogen-bond acceptors (Lipinski definition) is 3. The lowest BCUT2D eigenvalue weighted by molar-refractivity contribution is -0.142. The van der Waals surface area contributed by atoms with Crippen LogP contribution in [-0.2, 0) is 22.6 Å². The second-order valence-corrected chi connectivity index (χ2v) is 9.86. The molecule has 0 fully saturated rings. The molecule has 0 aliphatic rings. The molecule has 3 aromatic rings. The minimum absolute atomic E-state index is 0.106. The fourth-order valence-electron chi connectivity index (χ4n) is 3.49. The minimum atomic E-state index is -0.783. The van der Waals surface area contributed by atoms with Gasteiger partial charge in [-0.05, 0) is 64.3 Å². The van der Waals surface area contributed by atoms with Crippen LogP contribution in [0.4, 0.5) is 0 Å². The van der Waals surface area contributed by atoms with Crippen LogP contribution in [0.5, 0.6) is 5.75 Å². The molecule has 0 heterocycles. The van der Waals surface area contributed by atoms with Crippen molar-refractivity contribution in [1.82, 2.24) is 10.2 Å². The lowest BCUT2D eigenvalue weighted by Gasteiger charge is -2.31. The van der Waals surface area contributed by atoms with Crippen molar-refractivity contribution in [3.8, 4) is 5.75 Å². The molecule has 0 bridgehead atoms. The topological polar surface area (TPSA) is 58.6 Å². The molecular formula is C26H24BrCl3N2O3. The number of rotatable bonds is 10. The highest BCUT2D eigenvalue weighted by Crippen LogP contribution is 2.28. The van der Waals surface area contributed by atoms with E-state index in [9.17, 15) is 9.59 Å². The maximum Gasteiger partial charge on any atom is 0.261 e. The summed E-state index contributed by atoms with van der Waals surface area (Å²) in [4.78, 5) is 28.2. The molecule has 184 valence electrons. The zero-order valence-electron chi connectivity index (χ0n) is 18.9. The number of nitrogens with zero attached hydrogens (tertiary/aromatic N) is 1. The predicted molar refractivity (Wildman–Crippen MR) is 144 cm³/mol. The van der Waals surface area contributed by atoms with E-state index < -0.39 is 6.04 Å². The van der Waals surface area contributed by atoms with Gasteiger partial charge in [0, 0.05) is 34.6 Å². The molecule has 9 heteroatoms. The number of likely N-dealkylation sites (N-methyl/N-ethyl adjacent to an activating group) is 1. The SMILES string of the molecule is CCNC(=O)[C@H](Cc1ccccc1)N(Cc1ccc(Cl)cc1Cl)C(=O)COc1ccc(Cl)cc1Br. The van der Waals surface area contributed by atoms with E-state index >= 15 is 0 Å². The van der Waals surface area contributed by atoms with E-state index in [1.807, 2.05) is 37.3 Å². The molecule has 1 atom stereocenters. The monoisotopic (exact) mass is 596 g/mol. The van der Waals surface area contributed by atoms with Gasteiger partial charge in [-0.25, -0.2) is 0 Å². The number of nitrogens with one attached hydrogen (secondary N) is 1. The van der Waals surface area contributed by atoms with E-state index in [0.717, 1.165) is 5.56 Å². The Labute approximate surface area is 228 Å². The second kappa shape index (κ2) is 13.2. The smallest absolute Gasteiger partial charge is 0.261 e. The molecule has 0 aliphatic carbocycles. The Bertz CT molecular complexity index is 1180. The zero-order valence-corrected chi connectivity index (χ0v) is 22.8. The van der Waals surface area contributed by atoms with Crippen molar-refractivity contribution in [1.29, 1.82) is 0 Å². The summed E-state index contributed by atoms with van der Waals surface area (Å²) in [5, 5.41) is 4.28. The van der Waals surface area contributed by atoms with Crippen molar-refractivity contribution in [2.45, 2.75) is 25.9 Å². The third-order valence-corrected chi connectivity index (χ3v) is 6.66. The molecule has 0 unspecified atom stereocenters. The van der Waals surface area contributed by atoms with Crippen LogP contribution in [0.15, 0.2) is 71.2 Å². The standard InChI is InChI=1S/C26H24BrCl3N2O3/c1-2-31-26(34)23(12-17-6-4-3-5-7-17)32(15-18-8-9-20(29)14-22(18)30)25(33)16-35-24-11-10-19(28)13-21(24)27/h3-11,13-14,23H,2,12,15-16H2,1H3,(H,31,34)/t23-/m0/s1. The van der Waals surface area contributed by atoms with E-state index in [0.29, 0.717) is 43.8 Å². The van der Waals surface area contributed by atoms with Gasteiger partial charge in [-0.15, -0.1) is 0 Å². The summed E-state index contributed by atoms with van der Waals surface area (Å²) < 4.78 is 6.40. The number of hydrogen-bond donors (Lipinski definition) is 1. The predicted octanol–water partition coefficient (Wildman–Crippen LogP) is 6.56. The van der Waals surface area contributed by atoms with Gasteiger partial charge in [-0.2, -0.15) is 0 Å². The fraction of sp³-hybridized carbons (Fsp3) is 0.231. The summed E-state index contributed by atoms with van der Waals surface area (Å²) in [6, 6.07) is 18.8.